The lowest BCUT2D eigenvalue weighted by atomic mass is 10.1. The fourth-order valence-corrected chi connectivity index (χ4v) is 4.26. The molecule has 172 valence electrons. The predicted octanol–water partition coefficient (Wildman–Crippen LogP) is 4.09. The van der Waals surface area contributed by atoms with E-state index in [-0.39, 0.29) is 11.5 Å². The minimum atomic E-state index is -3.72. The molecule has 0 heterocycles. The molecule has 0 aliphatic carbocycles. The molecular weight excluding hydrogens is 506 g/mol. The number of aryl methyl sites for hydroxylation is 1. The van der Waals surface area contributed by atoms with Crippen LogP contribution in [0, 0.1) is 6.92 Å². The van der Waals surface area contributed by atoms with Crippen molar-refractivity contribution in [1.29, 1.82) is 0 Å². The summed E-state index contributed by atoms with van der Waals surface area (Å²) in [7, 11) is -3.72. The molecule has 0 aliphatic rings. The van der Waals surface area contributed by atoms with Gasteiger partial charge in [-0.2, -0.15) is 0 Å². The van der Waals surface area contributed by atoms with Crippen molar-refractivity contribution in [1.82, 2.24) is 5.32 Å². The van der Waals surface area contributed by atoms with Gasteiger partial charge in [0.05, 0.1) is 23.2 Å². The molecule has 0 saturated heterocycles. The highest BCUT2D eigenvalue weighted by molar-refractivity contribution is 9.10. The van der Waals surface area contributed by atoms with Gasteiger partial charge in [0, 0.05) is 11.0 Å². The van der Waals surface area contributed by atoms with Gasteiger partial charge in [0.1, 0.15) is 6.54 Å². The molecule has 0 aliphatic heterocycles. The summed E-state index contributed by atoms with van der Waals surface area (Å²) in [5.74, 6) is -0.914. The number of nitrogens with one attached hydrogen (secondary N) is 2. The normalized spacial score (nSPS) is 11.0. The molecule has 0 unspecified atom stereocenters. The second kappa shape index (κ2) is 10.6. The molecule has 0 bridgehead atoms. The number of halogens is 1. The van der Waals surface area contributed by atoms with E-state index in [2.05, 4.69) is 26.6 Å². The van der Waals surface area contributed by atoms with Gasteiger partial charge in [-0.15, -0.1) is 0 Å². The Balaban J connectivity index is 1.75. The highest BCUT2D eigenvalue weighted by Gasteiger charge is 2.22. The number of rotatable bonds is 8. The lowest BCUT2D eigenvalue weighted by Crippen LogP contribution is -2.37. The molecule has 2 N–H and O–H groups in total. The van der Waals surface area contributed by atoms with Gasteiger partial charge in [-0.25, -0.2) is 8.42 Å². The molecular formula is C24H24BrN3O4S. The van der Waals surface area contributed by atoms with Crippen LogP contribution in [-0.2, 0) is 21.4 Å². The zero-order valence-corrected chi connectivity index (χ0v) is 20.6. The maximum Gasteiger partial charge on any atom is 0.253 e. The number of benzene rings is 3. The van der Waals surface area contributed by atoms with Crippen LogP contribution in [-0.4, -0.2) is 33.0 Å². The Morgan fingerprint density at radius 2 is 1.64 bits per heavy atom. The van der Waals surface area contributed by atoms with Gasteiger partial charge >= 0.3 is 0 Å². The van der Waals surface area contributed by atoms with Gasteiger partial charge in [0.15, 0.2) is 0 Å². The number of nitrogens with zero attached hydrogens (tertiary/aromatic N) is 1. The summed E-state index contributed by atoms with van der Waals surface area (Å²) in [6, 6.07) is 21.1. The zero-order chi connectivity index (χ0) is 24.0. The molecule has 7 nitrogen and oxygen atoms in total. The zero-order valence-electron chi connectivity index (χ0n) is 18.2. The molecule has 0 spiro atoms. The summed E-state index contributed by atoms with van der Waals surface area (Å²) in [6.07, 6.45) is 1.04. The van der Waals surface area contributed by atoms with E-state index >= 15 is 0 Å². The summed E-state index contributed by atoms with van der Waals surface area (Å²) >= 11 is 3.39. The van der Waals surface area contributed by atoms with Crippen molar-refractivity contribution in [2.24, 2.45) is 0 Å². The van der Waals surface area contributed by atoms with E-state index in [9.17, 15) is 18.0 Å². The lowest BCUT2D eigenvalue weighted by Gasteiger charge is -2.23. The fourth-order valence-electron chi connectivity index (χ4n) is 3.17. The Bertz CT molecular complexity index is 1260. The van der Waals surface area contributed by atoms with E-state index < -0.39 is 22.5 Å². The molecule has 0 radical (unpaired) electrons. The van der Waals surface area contributed by atoms with Crippen LogP contribution in [0.1, 0.15) is 21.5 Å². The van der Waals surface area contributed by atoms with Crippen molar-refractivity contribution >= 4 is 49.1 Å². The van der Waals surface area contributed by atoms with Crippen molar-refractivity contribution < 1.29 is 18.0 Å². The topological polar surface area (TPSA) is 95.6 Å². The predicted molar refractivity (Wildman–Crippen MR) is 134 cm³/mol. The summed E-state index contributed by atoms with van der Waals surface area (Å²) < 4.78 is 26.6. The standard InChI is InChI=1S/C24H24BrN3O4S/c1-17-14-19(12-13-21(17)25)28(33(2,31)32)16-23(29)27-22-11-7-6-10-20(22)24(30)26-15-18-8-4-3-5-9-18/h3-14H,15-16H2,1-2H3,(H,26,30)(H,27,29). The van der Waals surface area contributed by atoms with Crippen LogP contribution in [0.2, 0.25) is 0 Å². The Kier molecular flexibility index (Phi) is 7.88. The van der Waals surface area contributed by atoms with Crippen molar-refractivity contribution in [2.45, 2.75) is 13.5 Å². The third-order valence-corrected chi connectivity index (χ3v) is 6.89. The highest BCUT2D eigenvalue weighted by atomic mass is 79.9. The number of para-hydroxylation sites is 1. The van der Waals surface area contributed by atoms with Crippen LogP contribution in [0.15, 0.2) is 77.3 Å². The van der Waals surface area contributed by atoms with Gasteiger partial charge in [0.25, 0.3) is 5.91 Å². The second-order valence-corrected chi connectivity index (χ2v) is 10.2. The van der Waals surface area contributed by atoms with Gasteiger partial charge in [-0.3, -0.25) is 13.9 Å². The Morgan fingerprint density at radius 1 is 0.970 bits per heavy atom. The number of anilines is 2. The van der Waals surface area contributed by atoms with E-state index in [4.69, 9.17) is 0 Å². The van der Waals surface area contributed by atoms with Crippen LogP contribution >= 0.6 is 15.9 Å². The van der Waals surface area contributed by atoms with E-state index in [0.717, 1.165) is 26.2 Å². The third kappa shape index (κ3) is 6.66. The van der Waals surface area contributed by atoms with Crippen molar-refractivity contribution in [3.05, 3.63) is 94.0 Å². The highest BCUT2D eigenvalue weighted by Crippen LogP contribution is 2.25. The van der Waals surface area contributed by atoms with Crippen LogP contribution in [0.3, 0.4) is 0 Å². The quantitative estimate of drug-likeness (QED) is 0.459. The van der Waals surface area contributed by atoms with Gasteiger partial charge in [-0.05, 0) is 48.4 Å². The minimum absolute atomic E-state index is 0.284. The van der Waals surface area contributed by atoms with Crippen molar-refractivity contribution in [3.63, 3.8) is 0 Å². The Morgan fingerprint density at radius 3 is 2.30 bits per heavy atom. The first-order chi connectivity index (χ1) is 15.6. The summed E-state index contributed by atoms with van der Waals surface area (Å²) in [6.45, 7) is 1.74. The summed E-state index contributed by atoms with van der Waals surface area (Å²) in [4.78, 5) is 25.5. The molecule has 3 aromatic carbocycles. The number of carbonyl (C=O) groups excluding carboxylic acids is 2. The van der Waals surface area contributed by atoms with Gasteiger partial charge in [0.2, 0.25) is 15.9 Å². The van der Waals surface area contributed by atoms with Crippen LogP contribution in [0.4, 0.5) is 11.4 Å². The number of hydrogen-bond acceptors (Lipinski definition) is 4. The lowest BCUT2D eigenvalue weighted by molar-refractivity contribution is -0.114. The first-order valence-electron chi connectivity index (χ1n) is 10.1. The van der Waals surface area contributed by atoms with E-state index in [1.165, 1.54) is 0 Å². The van der Waals surface area contributed by atoms with E-state index in [1.54, 1.807) is 42.5 Å². The largest absolute Gasteiger partial charge is 0.348 e. The SMILES string of the molecule is Cc1cc(N(CC(=O)Nc2ccccc2C(=O)NCc2ccccc2)S(C)(=O)=O)ccc1Br. The van der Waals surface area contributed by atoms with Crippen molar-refractivity contribution in [3.8, 4) is 0 Å². The monoisotopic (exact) mass is 529 g/mol. The Hall–Kier alpha value is -3.17. The molecule has 0 atom stereocenters. The van der Waals surface area contributed by atoms with Gasteiger partial charge in [-0.1, -0.05) is 58.4 Å². The fraction of sp³-hybridized carbons (Fsp3) is 0.167. The summed E-state index contributed by atoms with van der Waals surface area (Å²) in [5.41, 5.74) is 2.74. The van der Waals surface area contributed by atoms with Crippen LogP contribution in [0.5, 0.6) is 0 Å². The first-order valence-corrected chi connectivity index (χ1v) is 12.7. The number of amides is 2. The average Bonchev–Trinajstić information content (AvgIpc) is 2.78. The first kappa shape index (κ1) is 24.5. The number of carbonyl (C=O) groups is 2. The number of hydrogen-bond donors (Lipinski definition) is 2. The average molecular weight is 530 g/mol. The maximum atomic E-state index is 12.8. The van der Waals surface area contributed by atoms with E-state index in [1.807, 2.05) is 37.3 Å². The third-order valence-electron chi connectivity index (χ3n) is 4.86. The smallest absolute Gasteiger partial charge is 0.253 e. The molecule has 0 saturated carbocycles. The molecule has 33 heavy (non-hydrogen) atoms. The van der Waals surface area contributed by atoms with Crippen molar-refractivity contribution in [2.75, 3.05) is 22.4 Å². The molecule has 2 amide bonds. The minimum Gasteiger partial charge on any atom is -0.348 e. The second-order valence-electron chi connectivity index (χ2n) is 7.47. The molecule has 0 fully saturated rings. The molecule has 3 aromatic rings. The van der Waals surface area contributed by atoms with Crippen LogP contribution in [0.25, 0.3) is 0 Å². The van der Waals surface area contributed by atoms with Crippen LogP contribution < -0.4 is 14.9 Å². The maximum absolute atomic E-state index is 12.8. The molecule has 9 heteroatoms. The van der Waals surface area contributed by atoms with E-state index in [0.29, 0.717) is 17.9 Å². The number of sulfonamides is 1. The molecule has 3 rings (SSSR count). The summed E-state index contributed by atoms with van der Waals surface area (Å²) in [5, 5.41) is 5.50. The Labute approximate surface area is 202 Å². The van der Waals surface area contributed by atoms with Gasteiger partial charge < -0.3 is 10.6 Å². The molecule has 0 aromatic heterocycles.